The van der Waals surface area contributed by atoms with Crippen LogP contribution in [-0.4, -0.2) is 0 Å². The van der Waals surface area contributed by atoms with Gasteiger partial charge in [0.15, 0.2) is 0 Å². The number of hydrogen-bond donors (Lipinski definition) is 0. The zero-order valence-electron chi connectivity index (χ0n) is 35.7. The molecule has 0 N–H and O–H groups in total. The summed E-state index contributed by atoms with van der Waals surface area (Å²) >= 11 is 1.86. The fraction of sp³-hybridized carbons (Fsp3) is 0.0323. The highest BCUT2D eigenvalue weighted by Gasteiger charge is 2.30. The Balaban J connectivity index is 1.01. The Morgan fingerprint density at radius 3 is 1.79 bits per heavy atom. The predicted octanol–water partition coefficient (Wildman–Crippen LogP) is 17.7. The van der Waals surface area contributed by atoms with Crippen molar-refractivity contribution in [1.29, 1.82) is 0 Å². The summed E-state index contributed by atoms with van der Waals surface area (Å²) in [5.41, 5.74) is 18.1. The Morgan fingerprint density at radius 2 is 1.00 bits per heavy atom. The minimum Gasteiger partial charge on any atom is -0.456 e. The summed E-state index contributed by atoms with van der Waals surface area (Å²) < 4.78 is 15.7. The van der Waals surface area contributed by atoms with Crippen LogP contribution in [-0.2, 0) is 6.42 Å². The van der Waals surface area contributed by atoms with Gasteiger partial charge in [0.05, 0.1) is 0 Å². The second-order valence-electron chi connectivity index (χ2n) is 17.6. The number of para-hydroxylation sites is 3. The van der Waals surface area contributed by atoms with Crippen molar-refractivity contribution in [2.24, 2.45) is 0 Å². The lowest BCUT2D eigenvalue weighted by molar-refractivity contribution is 0.668. The number of thiophene rings is 1. The molecule has 0 aliphatic heterocycles. The lowest BCUT2D eigenvalue weighted by Crippen LogP contribution is -2.13. The summed E-state index contributed by atoms with van der Waals surface area (Å²) in [4.78, 5) is 2.40. The molecule has 0 fully saturated rings. The van der Waals surface area contributed by atoms with Crippen LogP contribution in [0, 0.1) is 0 Å². The monoisotopic (exact) mass is 861 g/mol. The first-order valence-electron chi connectivity index (χ1n) is 22.6. The molecule has 1 unspecified atom stereocenters. The van der Waals surface area contributed by atoms with Gasteiger partial charge in [-0.1, -0.05) is 133 Å². The van der Waals surface area contributed by atoms with Crippen LogP contribution in [0.2, 0.25) is 0 Å². The minimum atomic E-state index is -0.0870. The van der Waals surface area contributed by atoms with E-state index < -0.39 is 0 Å². The Hall–Kier alpha value is -8.18. The van der Waals surface area contributed by atoms with Gasteiger partial charge in [-0.3, -0.25) is 0 Å². The van der Waals surface area contributed by atoms with E-state index in [9.17, 15) is 0 Å². The molecule has 0 amide bonds. The highest BCUT2D eigenvalue weighted by atomic mass is 32.1. The largest absolute Gasteiger partial charge is 0.456 e. The van der Waals surface area contributed by atoms with Crippen molar-refractivity contribution in [3.8, 4) is 22.3 Å². The van der Waals surface area contributed by atoms with Gasteiger partial charge in [0, 0.05) is 70.8 Å². The molecular formula is C62H39NO2S. The van der Waals surface area contributed by atoms with Gasteiger partial charge in [-0.05, 0) is 135 Å². The first kappa shape index (κ1) is 37.2. The number of benzene rings is 10. The van der Waals surface area contributed by atoms with Gasteiger partial charge in [-0.25, -0.2) is 0 Å². The smallest absolute Gasteiger partial charge is 0.137 e. The molecule has 310 valence electrons. The first-order chi connectivity index (χ1) is 32.7. The fourth-order valence-electron chi connectivity index (χ4n) is 10.8. The molecule has 13 aromatic rings. The summed E-state index contributed by atoms with van der Waals surface area (Å²) in [7, 11) is 0. The molecule has 0 bridgehead atoms. The SMILES string of the molecule is c1ccc(C(c2ccc3c(c2)oc2ccccc23)c2cc(N(c3ccccc3)c3ccc4c(c3)oc3ccccc34)cc3c2Cc2ccc(-c4ccc5sc6ccccc6c5c4)cc2-3)cc1. The normalized spacial score (nSPS) is 12.7. The van der Waals surface area contributed by atoms with Crippen LogP contribution in [0.5, 0.6) is 0 Å². The molecule has 0 spiro atoms. The van der Waals surface area contributed by atoms with Crippen molar-refractivity contribution < 1.29 is 8.83 Å². The lowest BCUT2D eigenvalue weighted by atomic mass is 9.81. The van der Waals surface area contributed by atoms with Crippen molar-refractivity contribution >= 4 is 92.4 Å². The molecule has 0 radical (unpaired) electrons. The number of nitrogens with zero attached hydrogens (tertiary/aromatic N) is 1. The van der Waals surface area contributed by atoms with E-state index in [1.165, 1.54) is 70.2 Å². The first-order valence-corrected chi connectivity index (χ1v) is 23.4. The molecule has 1 aliphatic carbocycles. The molecule has 3 aromatic heterocycles. The molecule has 4 heteroatoms. The molecule has 0 saturated heterocycles. The molecule has 1 aliphatic rings. The van der Waals surface area contributed by atoms with Crippen LogP contribution >= 0.6 is 11.3 Å². The third kappa shape index (κ3) is 5.89. The van der Waals surface area contributed by atoms with Crippen LogP contribution in [0.4, 0.5) is 17.1 Å². The number of fused-ring (bicyclic) bond motifs is 12. The third-order valence-corrected chi connectivity index (χ3v) is 15.0. The standard InChI is InChI=1S/C62H39NO2S/c1-3-13-38(14-4-1)62(42-25-28-48-46-17-7-10-20-56(46)64-58(48)34-42)55-36-45(63(43-15-5-2-6-16-43)44-27-29-49-47-18-8-11-21-57(47)65-59(49)37-44)35-53-51-31-39(23-24-41(51)33-52(53)55)40-26-30-61-54(32-40)50-19-9-12-22-60(50)66-61/h1-32,34-37,62H,33H2. The average Bonchev–Trinajstić information content (AvgIpc) is 4.14. The average molecular weight is 862 g/mol. The zero-order valence-corrected chi connectivity index (χ0v) is 36.6. The fourth-order valence-corrected chi connectivity index (χ4v) is 11.8. The van der Waals surface area contributed by atoms with Crippen LogP contribution in [0.3, 0.4) is 0 Å². The Labute approximate surface area is 385 Å². The van der Waals surface area contributed by atoms with E-state index in [-0.39, 0.29) is 5.92 Å². The quantitative estimate of drug-likeness (QED) is 0.150. The minimum absolute atomic E-state index is 0.0870. The maximum atomic E-state index is 6.58. The molecule has 14 rings (SSSR count). The van der Waals surface area contributed by atoms with Crippen molar-refractivity contribution in [2.45, 2.75) is 12.3 Å². The Morgan fingerprint density at radius 1 is 0.379 bits per heavy atom. The van der Waals surface area contributed by atoms with Gasteiger partial charge in [-0.15, -0.1) is 11.3 Å². The molecule has 0 saturated carbocycles. The Bertz CT molecular complexity index is 4050. The summed E-state index contributed by atoms with van der Waals surface area (Å²) in [5, 5.41) is 7.12. The van der Waals surface area contributed by atoms with Gasteiger partial charge in [0.25, 0.3) is 0 Å². The summed E-state index contributed by atoms with van der Waals surface area (Å²) in [6.07, 6.45) is 0.835. The summed E-state index contributed by atoms with van der Waals surface area (Å²) in [6, 6.07) is 79.7. The van der Waals surface area contributed by atoms with Gasteiger partial charge in [0.1, 0.15) is 22.3 Å². The van der Waals surface area contributed by atoms with Crippen molar-refractivity contribution in [2.75, 3.05) is 4.90 Å². The van der Waals surface area contributed by atoms with Crippen molar-refractivity contribution in [1.82, 2.24) is 0 Å². The summed E-state index contributed by atoms with van der Waals surface area (Å²) in [5.74, 6) is -0.0870. The second-order valence-corrected chi connectivity index (χ2v) is 18.6. The van der Waals surface area contributed by atoms with Crippen LogP contribution in [0.1, 0.15) is 33.7 Å². The van der Waals surface area contributed by atoms with Gasteiger partial charge in [0.2, 0.25) is 0 Å². The maximum absolute atomic E-state index is 6.58. The van der Waals surface area contributed by atoms with Crippen LogP contribution in [0.15, 0.2) is 227 Å². The highest BCUT2D eigenvalue weighted by Crippen LogP contribution is 2.50. The van der Waals surface area contributed by atoms with E-state index in [0.717, 1.165) is 67.4 Å². The van der Waals surface area contributed by atoms with Gasteiger partial charge < -0.3 is 13.7 Å². The lowest BCUT2D eigenvalue weighted by Gasteiger charge is -2.29. The van der Waals surface area contributed by atoms with E-state index in [1.807, 2.05) is 23.5 Å². The number of hydrogen-bond acceptors (Lipinski definition) is 4. The maximum Gasteiger partial charge on any atom is 0.137 e. The van der Waals surface area contributed by atoms with Gasteiger partial charge in [-0.2, -0.15) is 0 Å². The van der Waals surface area contributed by atoms with E-state index in [0.29, 0.717) is 0 Å². The zero-order chi connectivity index (χ0) is 43.3. The molecule has 66 heavy (non-hydrogen) atoms. The predicted molar refractivity (Wildman–Crippen MR) is 276 cm³/mol. The van der Waals surface area contributed by atoms with Crippen LogP contribution < -0.4 is 4.90 Å². The summed E-state index contributed by atoms with van der Waals surface area (Å²) in [6.45, 7) is 0. The molecule has 1 atom stereocenters. The second kappa shape index (κ2) is 14.7. The van der Waals surface area contributed by atoms with Crippen molar-refractivity contribution in [3.05, 3.63) is 246 Å². The molecule has 3 heterocycles. The van der Waals surface area contributed by atoms with E-state index in [1.54, 1.807) is 0 Å². The molecule has 3 nitrogen and oxygen atoms in total. The highest BCUT2D eigenvalue weighted by molar-refractivity contribution is 7.25. The van der Waals surface area contributed by atoms with Crippen LogP contribution in [0.25, 0.3) is 86.3 Å². The molecular weight excluding hydrogens is 823 g/mol. The number of anilines is 3. The van der Waals surface area contributed by atoms with E-state index >= 15 is 0 Å². The Kier molecular flexibility index (Phi) is 8.28. The van der Waals surface area contributed by atoms with E-state index in [4.69, 9.17) is 8.83 Å². The van der Waals surface area contributed by atoms with E-state index in [2.05, 4.69) is 211 Å². The topological polar surface area (TPSA) is 29.5 Å². The molecule has 10 aromatic carbocycles. The van der Waals surface area contributed by atoms with Gasteiger partial charge >= 0.3 is 0 Å². The number of furan rings is 2. The van der Waals surface area contributed by atoms with Crippen molar-refractivity contribution in [3.63, 3.8) is 0 Å². The number of rotatable bonds is 7. The third-order valence-electron chi connectivity index (χ3n) is 13.8.